The number of aliphatic hydroxyl groups is 1. The topological polar surface area (TPSA) is 41.9 Å². The molecule has 138 valence electrons. The fraction of sp³-hybridized carbons (Fsp3) is 0.455. The second-order valence-corrected chi connectivity index (χ2v) is 7.68. The maximum atomic E-state index is 9.85. The van der Waals surface area contributed by atoms with Crippen molar-refractivity contribution >= 4 is 0 Å². The molecule has 1 saturated carbocycles. The molecule has 2 fully saturated rings. The summed E-state index contributed by atoms with van der Waals surface area (Å²) >= 11 is 0. The zero-order valence-corrected chi connectivity index (χ0v) is 15.5. The lowest BCUT2D eigenvalue weighted by atomic mass is 9.74. The monoisotopic (exact) mass is 353 g/mol. The number of hydrogen-bond donors (Lipinski definition) is 1. The van der Waals surface area contributed by atoms with E-state index in [4.69, 9.17) is 9.47 Å². The fourth-order valence-corrected chi connectivity index (χ4v) is 4.25. The van der Waals surface area contributed by atoms with Crippen LogP contribution in [0.25, 0.3) is 0 Å². The summed E-state index contributed by atoms with van der Waals surface area (Å²) in [7, 11) is 1.67. The van der Waals surface area contributed by atoms with Crippen LogP contribution in [-0.2, 0) is 13.2 Å². The van der Waals surface area contributed by atoms with Crippen molar-refractivity contribution in [2.24, 2.45) is 11.8 Å². The van der Waals surface area contributed by atoms with Crippen LogP contribution in [-0.4, -0.2) is 36.3 Å². The molecule has 2 aromatic carbocycles. The first-order valence-electron chi connectivity index (χ1n) is 9.38. The van der Waals surface area contributed by atoms with Crippen molar-refractivity contribution in [2.75, 3.05) is 20.2 Å². The Kier molecular flexibility index (Phi) is 4.88. The molecule has 0 amide bonds. The average Bonchev–Trinajstić information content (AvgIpc) is 2.96. The Labute approximate surface area is 155 Å². The van der Waals surface area contributed by atoms with Crippen LogP contribution in [0.1, 0.15) is 23.1 Å². The van der Waals surface area contributed by atoms with E-state index in [0.717, 1.165) is 43.1 Å². The summed E-state index contributed by atoms with van der Waals surface area (Å²) < 4.78 is 11.5. The van der Waals surface area contributed by atoms with Crippen LogP contribution >= 0.6 is 0 Å². The van der Waals surface area contributed by atoms with E-state index in [9.17, 15) is 5.11 Å². The highest BCUT2D eigenvalue weighted by molar-refractivity contribution is 5.43. The van der Waals surface area contributed by atoms with Gasteiger partial charge in [0, 0.05) is 25.6 Å². The molecule has 1 aliphatic heterocycles. The van der Waals surface area contributed by atoms with Crippen molar-refractivity contribution in [3.05, 3.63) is 59.2 Å². The van der Waals surface area contributed by atoms with Crippen molar-refractivity contribution in [1.82, 2.24) is 4.90 Å². The van der Waals surface area contributed by atoms with Crippen LogP contribution in [0.5, 0.6) is 11.5 Å². The maximum Gasteiger partial charge on any atom is 0.161 e. The molecule has 4 nitrogen and oxygen atoms in total. The van der Waals surface area contributed by atoms with Gasteiger partial charge in [-0.2, -0.15) is 0 Å². The summed E-state index contributed by atoms with van der Waals surface area (Å²) in [4.78, 5) is 2.44. The minimum atomic E-state index is -0.0888. The first-order valence-corrected chi connectivity index (χ1v) is 9.38. The maximum absolute atomic E-state index is 9.85. The van der Waals surface area contributed by atoms with Crippen LogP contribution in [0, 0.1) is 18.8 Å². The van der Waals surface area contributed by atoms with Gasteiger partial charge in [0.2, 0.25) is 0 Å². The second kappa shape index (κ2) is 7.29. The third-order valence-corrected chi connectivity index (χ3v) is 5.72. The number of rotatable bonds is 6. The second-order valence-electron chi connectivity index (χ2n) is 7.68. The van der Waals surface area contributed by atoms with E-state index in [0.29, 0.717) is 18.4 Å². The molecule has 0 radical (unpaired) electrons. The highest BCUT2D eigenvalue weighted by atomic mass is 16.5. The molecule has 4 rings (SSSR count). The minimum absolute atomic E-state index is 0.0888. The molecule has 0 unspecified atom stereocenters. The summed E-state index contributed by atoms with van der Waals surface area (Å²) in [6, 6.07) is 14.5. The van der Waals surface area contributed by atoms with Crippen molar-refractivity contribution < 1.29 is 14.6 Å². The molecule has 1 saturated heterocycles. The van der Waals surface area contributed by atoms with Crippen LogP contribution in [0.3, 0.4) is 0 Å². The number of fused-ring (bicyclic) bond motifs is 1. The lowest BCUT2D eigenvalue weighted by molar-refractivity contribution is -0.00435. The number of methoxy groups -OCH3 is 1. The van der Waals surface area contributed by atoms with Gasteiger partial charge in [-0.15, -0.1) is 0 Å². The normalized spacial score (nSPS) is 24.8. The standard InChI is InChI=1S/C22H27NO3/c1-15-4-3-5-17(8-15)14-26-22-9-16(6-7-21(22)25-2)11-23-12-18-10-20(24)19(18)13-23/h3-9,18-20,24H,10-14H2,1-2H3/t18-,19+,20-/m1/s1. The number of aliphatic hydroxyl groups excluding tert-OH is 1. The molecule has 2 aliphatic rings. The number of ether oxygens (including phenoxy) is 2. The van der Waals surface area contributed by atoms with Gasteiger partial charge in [0.05, 0.1) is 13.2 Å². The lowest BCUT2D eigenvalue weighted by Crippen LogP contribution is -2.39. The first-order chi connectivity index (χ1) is 12.6. The van der Waals surface area contributed by atoms with E-state index in [1.165, 1.54) is 11.1 Å². The Balaban J connectivity index is 1.43. The highest BCUT2D eigenvalue weighted by Crippen LogP contribution is 2.41. The largest absolute Gasteiger partial charge is 0.493 e. The van der Waals surface area contributed by atoms with E-state index in [-0.39, 0.29) is 6.10 Å². The fourth-order valence-electron chi connectivity index (χ4n) is 4.25. The van der Waals surface area contributed by atoms with Gasteiger partial charge >= 0.3 is 0 Å². The van der Waals surface area contributed by atoms with Crippen LogP contribution < -0.4 is 9.47 Å². The molecule has 0 aromatic heterocycles. The third kappa shape index (κ3) is 3.57. The summed E-state index contributed by atoms with van der Waals surface area (Å²) in [6.45, 7) is 5.60. The molecule has 4 heteroatoms. The first kappa shape index (κ1) is 17.4. The van der Waals surface area contributed by atoms with Crippen molar-refractivity contribution in [3.8, 4) is 11.5 Å². The lowest BCUT2D eigenvalue weighted by Gasteiger charge is -2.35. The predicted molar refractivity (Wildman–Crippen MR) is 101 cm³/mol. The molecule has 1 heterocycles. The van der Waals surface area contributed by atoms with E-state index < -0.39 is 0 Å². The number of hydrogen-bond acceptors (Lipinski definition) is 4. The Morgan fingerprint density at radius 2 is 1.96 bits per heavy atom. The minimum Gasteiger partial charge on any atom is -0.493 e. The van der Waals surface area contributed by atoms with Gasteiger partial charge in [0.15, 0.2) is 11.5 Å². The SMILES string of the molecule is COc1ccc(CN2C[C@H]3C[C@@H](O)[C@H]3C2)cc1OCc1cccc(C)c1. The van der Waals surface area contributed by atoms with Crippen molar-refractivity contribution in [2.45, 2.75) is 32.6 Å². The average molecular weight is 353 g/mol. The summed E-state index contributed by atoms with van der Waals surface area (Å²) in [6.07, 6.45) is 0.878. The van der Waals surface area contributed by atoms with E-state index in [1.54, 1.807) is 7.11 Å². The third-order valence-electron chi connectivity index (χ3n) is 5.72. The molecule has 1 N–H and O–H groups in total. The van der Waals surface area contributed by atoms with Gasteiger partial charge in [-0.3, -0.25) is 4.90 Å². The number of likely N-dealkylation sites (tertiary alicyclic amines) is 1. The molecule has 0 spiro atoms. The smallest absolute Gasteiger partial charge is 0.161 e. The Morgan fingerprint density at radius 3 is 2.69 bits per heavy atom. The molecular weight excluding hydrogens is 326 g/mol. The number of nitrogens with zero attached hydrogens (tertiary/aromatic N) is 1. The number of benzene rings is 2. The quantitative estimate of drug-likeness (QED) is 0.864. The number of aryl methyl sites for hydroxylation is 1. The Bertz CT molecular complexity index is 776. The van der Waals surface area contributed by atoms with Crippen molar-refractivity contribution in [1.29, 1.82) is 0 Å². The molecular formula is C22H27NO3. The molecule has 26 heavy (non-hydrogen) atoms. The van der Waals surface area contributed by atoms with E-state index in [2.05, 4.69) is 48.2 Å². The van der Waals surface area contributed by atoms with Gasteiger partial charge in [-0.1, -0.05) is 35.9 Å². The predicted octanol–water partition coefficient (Wildman–Crippen LogP) is 3.40. The van der Waals surface area contributed by atoms with Crippen LogP contribution in [0.4, 0.5) is 0 Å². The van der Waals surface area contributed by atoms with Gasteiger partial charge in [0.1, 0.15) is 6.61 Å². The zero-order chi connectivity index (χ0) is 18.1. The summed E-state index contributed by atoms with van der Waals surface area (Å²) in [5.74, 6) is 2.71. The van der Waals surface area contributed by atoms with E-state index >= 15 is 0 Å². The van der Waals surface area contributed by atoms with Crippen molar-refractivity contribution in [3.63, 3.8) is 0 Å². The Morgan fingerprint density at radius 1 is 1.08 bits per heavy atom. The molecule has 2 aromatic rings. The Hall–Kier alpha value is -2.04. The summed E-state index contributed by atoms with van der Waals surface area (Å²) in [5, 5.41) is 9.85. The zero-order valence-electron chi connectivity index (χ0n) is 15.5. The summed E-state index contributed by atoms with van der Waals surface area (Å²) in [5.41, 5.74) is 3.61. The highest BCUT2D eigenvalue weighted by Gasteiger charge is 2.45. The van der Waals surface area contributed by atoms with Gasteiger partial charge in [-0.25, -0.2) is 0 Å². The molecule has 0 bridgehead atoms. The molecule has 3 atom stereocenters. The van der Waals surface area contributed by atoms with Crippen LogP contribution in [0.15, 0.2) is 42.5 Å². The van der Waals surface area contributed by atoms with Gasteiger partial charge in [0.25, 0.3) is 0 Å². The van der Waals surface area contributed by atoms with Gasteiger partial charge < -0.3 is 14.6 Å². The molecule has 1 aliphatic carbocycles. The van der Waals surface area contributed by atoms with Crippen LogP contribution in [0.2, 0.25) is 0 Å². The van der Waals surface area contributed by atoms with E-state index in [1.807, 2.05) is 6.07 Å². The van der Waals surface area contributed by atoms with Gasteiger partial charge in [-0.05, 0) is 42.5 Å².